The molecule has 0 rings (SSSR count). The summed E-state index contributed by atoms with van der Waals surface area (Å²) in [6, 6.07) is 0. The highest BCUT2D eigenvalue weighted by molar-refractivity contribution is 5.74. The summed E-state index contributed by atoms with van der Waals surface area (Å²) < 4.78 is 0. The van der Waals surface area contributed by atoms with Crippen LogP contribution in [0.1, 0.15) is 40.5 Å². The second-order valence-corrected chi connectivity index (χ2v) is 4.24. The molecule has 0 heterocycles. The maximum absolute atomic E-state index is 10.8. The zero-order valence-electron chi connectivity index (χ0n) is 8.87. The van der Waals surface area contributed by atoms with Gasteiger partial charge in [-0.2, -0.15) is 0 Å². The number of carbonyl (C=O) groups is 1. The van der Waals surface area contributed by atoms with E-state index >= 15 is 0 Å². The molecule has 0 bridgehead atoms. The zero-order chi connectivity index (χ0) is 10.6. The molecule has 78 valence electrons. The summed E-state index contributed by atoms with van der Waals surface area (Å²) in [6.45, 7) is 7.04. The van der Waals surface area contributed by atoms with Crippen molar-refractivity contribution >= 4 is 5.97 Å². The van der Waals surface area contributed by atoms with Crippen molar-refractivity contribution in [3.63, 3.8) is 0 Å². The number of carboxylic acids is 1. The monoisotopic (exact) mass is 188 g/mol. The number of aliphatic hydroxyl groups excluding tert-OH is 1. The van der Waals surface area contributed by atoms with Crippen molar-refractivity contribution in [2.24, 2.45) is 11.3 Å². The molecular weight excluding hydrogens is 168 g/mol. The topological polar surface area (TPSA) is 57.5 Å². The van der Waals surface area contributed by atoms with E-state index in [9.17, 15) is 9.90 Å². The van der Waals surface area contributed by atoms with Crippen LogP contribution in [0.3, 0.4) is 0 Å². The van der Waals surface area contributed by atoms with E-state index in [0.717, 1.165) is 12.8 Å². The van der Waals surface area contributed by atoms with Gasteiger partial charge in [0, 0.05) is 0 Å². The number of carboxylic acid groups (broad SMARTS) is 1. The summed E-state index contributed by atoms with van der Waals surface area (Å²) in [4.78, 5) is 10.8. The van der Waals surface area contributed by atoms with Gasteiger partial charge in [0.05, 0.1) is 11.5 Å². The fourth-order valence-electron chi connectivity index (χ4n) is 1.45. The smallest absolute Gasteiger partial charge is 0.311 e. The number of aliphatic hydroxyl groups is 1. The van der Waals surface area contributed by atoms with Gasteiger partial charge in [0.1, 0.15) is 0 Å². The molecule has 0 aromatic carbocycles. The van der Waals surface area contributed by atoms with E-state index < -0.39 is 17.5 Å². The summed E-state index contributed by atoms with van der Waals surface area (Å²) in [7, 11) is 0. The first-order valence-corrected chi connectivity index (χ1v) is 4.75. The molecule has 0 saturated heterocycles. The Morgan fingerprint density at radius 1 is 1.46 bits per heavy atom. The van der Waals surface area contributed by atoms with Crippen molar-refractivity contribution in [1.82, 2.24) is 0 Å². The molecule has 0 aliphatic carbocycles. The first kappa shape index (κ1) is 12.4. The molecular formula is C10H20O3. The largest absolute Gasteiger partial charge is 0.481 e. The second-order valence-electron chi connectivity index (χ2n) is 4.24. The molecule has 0 spiro atoms. The number of rotatable bonds is 5. The minimum Gasteiger partial charge on any atom is -0.481 e. The van der Waals surface area contributed by atoms with E-state index in [2.05, 4.69) is 0 Å². The number of aliphatic carboxylic acids is 1. The highest BCUT2D eigenvalue weighted by atomic mass is 16.4. The predicted molar refractivity (Wildman–Crippen MR) is 51.5 cm³/mol. The Hall–Kier alpha value is -0.570. The van der Waals surface area contributed by atoms with E-state index in [1.165, 1.54) is 0 Å². The highest BCUT2D eigenvalue weighted by Crippen LogP contribution is 2.28. The molecule has 2 unspecified atom stereocenters. The fraction of sp³-hybridized carbons (Fsp3) is 0.900. The molecule has 3 heteroatoms. The van der Waals surface area contributed by atoms with Crippen molar-refractivity contribution < 1.29 is 15.0 Å². The Morgan fingerprint density at radius 3 is 2.23 bits per heavy atom. The van der Waals surface area contributed by atoms with Crippen molar-refractivity contribution in [1.29, 1.82) is 0 Å². The molecule has 2 N–H and O–H groups in total. The van der Waals surface area contributed by atoms with E-state index in [-0.39, 0.29) is 5.92 Å². The summed E-state index contributed by atoms with van der Waals surface area (Å²) >= 11 is 0. The van der Waals surface area contributed by atoms with Crippen LogP contribution < -0.4 is 0 Å². The van der Waals surface area contributed by atoms with Gasteiger partial charge in [0.2, 0.25) is 0 Å². The first-order chi connectivity index (χ1) is 5.84. The molecule has 0 aliphatic rings. The van der Waals surface area contributed by atoms with Crippen LogP contribution in [0, 0.1) is 11.3 Å². The molecule has 0 amide bonds. The van der Waals surface area contributed by atoms with Crippen molar-refractivity contribution in [3.05, 3.63) is 0 Å². The molecule has 0 aliphatic heterocycles. The lowest BCUT2D eigenvalue weighted by atomic mass is 9.79. The van der Waals surface area contributed by atoms with E-state index in [1.807, 2.05) is 13.8 Å². The maximum Gasteiger partial charge on any atom is 0.311 e. The predicted octanol–water partition coefficient (Wildman–Crippen LogP) is 1.89. The van der Waals surface area contributed by atoms with Gasteiger partial charge in [-0.05, 0) is 26.2 Å². The van der Waals surface area contributed by atoms with Gasteiger partial charge in [-0.15, -0.1) is 0 Å². The van der Waals surface area contributed by atoms with Gasteiger partial charge < -0.3 is 10.2 Å². The Morgan fingerprint density at radius 2 is 1.92 bits per heavy atom. The van der Waals surface area contributed by atoms with Crippen LogP contribution in [-0.2, 0) is 4.79 Å². The third kappa shape index (κ3) is 2.99. The fourth-order valence-corrected chi connectivity index (χ4v) is 1.45. The van der Waals surface area contributed by atoms with Gasteiger partial charge in [-0.25, -0.2) is 0 Å². The molecule has 0 saturated carbocycles. The number of hydrogen-bond donors (Lipinski definition) is 2. The quantitative estimate of drug-likeness (QED) is 0.692. The third-order valence-electron chi connectivity index (χ3n) is 2.57. The van der Waals surface area contributed by atoms with Crippen molar-refractivity contribution in [3.8, 4) is 0 Å². The molecule has 0 aromatic rings. The summed E-state index contributed by atoms with van der Waals surface area (Å²) in [5.41, 5.74) is -1.05. The molecule has 0 fully saturated rings. The lowest BCUT2D eigenvalue weighted by Gasteiger charge is -2.30. The van der Waals surface area contributed by atoms with Crippen LogP contribution in [0.5, 0.6) is 0 Å². The average molecular weight is 188 g/mol. The van der Waals surface area contributed by atoms with Gasteiger partial charge in [0.25, 0.3) is 0 Å². The van der Waals surface area contributed by atoms with Crippen LogP contribution in [0.15, 0.2) is 0 Å². The summed E-state index contributed by atoms with van der Waals surface area (Å²) in [6.07, 6.45) is 1.05. The molecule has 2 atom stereocenters. The summed E-state index contributed by atoms with van der Waals surface area (Å²) in [5.74, 6) is -0.904. The van der Waals surface area contributed by atoms with Crippen LogP contribution in [0.4, 0.5) is 0 Å². The van der Waals surface area contributed by atoms with E-state index in [4.69, 9.17) is 5.11 Å². The first-order valence-electron chi connectivity index (χ1n) is 4.75. The van der Waals surface area contributed by atoms with E-state index in [1.54, 1.807) is 13.8 Å². The summed E-state index contributed by atoms with van der Waals surface area (Å²) in [5, 5.41) is 18.6. The van der Waals surface area contributed by atoms with Gasteiger partial charge >= 0.3 is 5.97 Å². The molecule has 0 aromatic heterocycles. The SMILES string of the molecule is CCCC(C)C(O)C(C)(C)C(=O)O. The normalized spacial score (nSPS) is 16.7. The Labute approximate surface area is 79.8 Å². The zero-order valence-corrected chi connectivity index (χ0v) is 8.87. The van der Waals surface area contributed by atoms with E-state index in [0.29, 0.717) is 0 Å². The lowest BCUT2D eigenvalue weighted by Crippen LogP contribution is -2.41. The van der Waals surface area contributed by atoms with Gasteiger partial charge in [-0.1, -0.05) is 20.3 Å². The van der Waals surface area contributed by atoms with Crippen molar-refractivity contribution in [2.75, 3.05) is 0 Å². The highest BCUT2D eigenvalue weighted by Gasteiger charge is 2.38. The standard InChI is InChI=1S/C10H20O3/c1-5-6-7(2)8(11)10(3,4)9(12)13/h7-8,11H,5-6H2,1-4H3,(H,12,13). The van der Waals surface area contributed by atoms with Crippen LogP contribution in [0.2, 0.25) is 0 Å². The maximum atomic E-state index is 10.8. The van der Waals surface area contributed by atoms with Gasteiger partial charge in [-0.3, -0.25) is 4.79 Å². The molecule has 3 nitrogen and oxygen atoms in total. The van der Waals surface area contributed by atoms with Crippen LogP contribution in [-0.4, -0.2) is 22.3 Å². The average Bonchev–Trinajstić information content (AvgIpc) is 2.03. The van der Waals surface area contributed by atoms with Crippen LogP contribution >= 0.6 is 0 Å². The van der Waals surface area contributed by atoms with Crippen LogP contribution in [0.25, 0.3) is 0 Å². The Bertz CT molecular complexity index is 175. The lowest BCUT2D eigenvalue weighted by molar-refractivity contribution is -0.155. The molecule has 13 heavy (non-hydrogen) atoms. The minimum absolute atomic E-state index is 0.0381. The van der Waals surface area contributed by atoms with Crippen molar-refractivity contribution in [2.45, 2.75) is 46.6 Å². The van der Waals surface area contributed by atoms with Gasteiger partial charge in [0.15, 0.2) is 0 Å². The second kappa shape index (κ2) is 4.61. The third-order valence-corrected chi connectivity index (χ3v) is 2.57. The molecule has 0 radical (unpaired) electrons. The Balaban J connectivity index is 4.39. The minimum atomic E-state index is -1.05. The number of hydrogen-bond acceptors (Lipinski definition) is 2. The Kier molecular flexibility index (Phi) is 4.40.